The Balaban J connectivity index is 6.64. The maximum absolute atomic E-state index is 10.9. The highest BCUT2D eigenvalue weighted by Gasteiger charge is 2.41. The first kappa shape index (κ1) is 21.8. The third-order valence-corrected chi connectivity index (χ3v) is 3.42. The van der Waals surface area contributed by atoms with E-state index in [1.807, 2.05) is 0 Å². The zero-order chi connectivity index (χ0) is 19.7. The van der Waals surface area contributed by atoms with E-state index in [0.29, 0.717) is 24.3 Å². The molecule has 0 aromatic rings. The van der Waals surface area contributed by atoms with E-state index >= 15 is 0 Å². The standard InChI is InChI=1S/C16H18O9/c1-15(10-17,6-2-11(18)19)16(7-3-12(20)21,8-4-13(22)23)9-5-14(24)25/h2-9,17H,10H2,1H3,(H,18,19)(H,20,21)(H,22,23)(H,24,25). The summed E-state index contributed by atoms with van der Waals surface area (Å²) < 4.78 is 0. The van der Waals surface area contributed by atoms with Gasteiger partial charge in [0.05, 0.1) is 6.61 Å². The van der Waals surface area contributed by atoms with Gasteiger partial charge < -0.3 is 25.5 Å². The molecule has 0 aliphatic heterocycles. The molecule has 0 bridgehead atoms. The van der Waals surface area contributed by atoms with E-state index in [4.69, 9.17) is 20.4 Å². The zero-order valence-electron chi connectivity index (χ0n) is 13.2. The molecule has 0 amide bonds. The maximum Gasteiger partial charge on any atom is 0.328 e. The predicted molar refractivity (Wildman–Crippen MR) is 84.7 cm³/mol. The van der Waals surface area contributed by atoms with Gasteiger partial charge in [-0.25, -0.2) is 19.2 Å². The second kappa shape index (κ2) is 9.18. The maximum atomic E-state index is 10.9. The second-order valence-corrected chi connectivity index (χ2v) is 5.19. The molecule has 0 rings (SSSR count). The van der Waals surface area contributed by atoms with Crippen molar-refractivity contribution in [1.29, 1.82) is 0 Å². The number of hydrogen-bond acceptors (Lipinski definition) is 5. The van der Waals surface area contributed by atoms with Gasteiger partial charge in [0.1, 0.15) is 0 Å². The molecule has 0 aromatic carbocycles. The monoisotopic (exact) mass is 354 g/mol. The van der Waals surface area contributed by atoms with E-state index in [9.17, 15) is 24.3 Å². The second-order valence-electron chi connectivity index (χ2n) is 5.19. The minimum atomic E-state index is -1.75. The molecule has 5 N–H and O–H groups in total. The lowest BCUT2D eigenvalue weighted by Crippen LogP contribution is -2.38. The van der Waals surface area contributed by atoms with Crippen LogP contribution in [-0.4, -0.2) is 56.0 Å². The van der Waals surface area contributed by atoms with E-state index in [1.165, 1.54) is 6.92 Å². The molecule has 136 valence electrons. The number of allylic oxidation sites excluding steroid dienone is 3. The van der Waals surface area contributed by atoms with Crippen molar-refractivity contribution >= 4 is 23.9 Å². The van der Waals surface area contributed by atoms with Gasteiger partial charge in [0.25, 0.3) is 0 Å². The Bertz CT molecular complexity index is 595. The van der Waals surface area contributed by atoms with Crippen LogP contribution in [0, 0.1) is 10.8 Å². The van der Waals surface area contributed by atoms with E-state index < -0.39 is 41.3 Å². The van der Waals surface area contributed by atoms with E-state index in [1.54, 1.807) is 0 Å². The van der Waals surface area contributed by atoms with Gasteiger partial charge in [-0.2, -0.15) is 0 Å². The third-order valence-electron chi connectivity index (χ3n) is 3.42. The Kier molecular flexibility index (Phi) is 8.01. The summed E-state index contributed by atoms with van der Waals surface area (Å²) in [7, 11) is 0. The molecule has 0 radical (unpaired) electrons. The van der Waals surface area contributed by atoms with Crippen LogP contribution in [0.15, 0.2) is 48.6 Å². The Morgan fingerprint density at radius 2 is 0.960 bits per heavy atom. The highest BCUT2D eigenvalue weighted by Crippen LogP contribution is 2.44. The molecule has 0 saturated carbocycles. The number of aliphatic hydroxyl groups is 1. The largest absolute Gasteiger partial charge is 0.478 e. The fourth-order valence-electron chi connectivity index (χ4n) is 1.95. The molecular weight excluding hydrogens is 336 g/mol. The fourth-order valence-corrected chi connectivity index (χ4v) is 1.95. The first-order valence-electron chi connectivity index (χ1n) is 6.77. The first-order valence-corrected chi connectivity index (χ1v) is 6.77. The van der Waals surface area contributed by atoms with Crippen molar-refractivity contribution in [1.82, 2.24) is 0 Å². The van der Waals surface area contributed by atoms with Crippen molar-refractivity contribution in [3.63, 3.8) is 0 Å². The highest BCUT2D eigenvalue weighted by molar-refractivity contribution is 5.83. The van der Waals surface area contributed by atoms with Crippen molar-refractivity contribution in [3.8, 4) is 0 Å². The topological polar surface area (TPSA) is 169 Å². The molecule has 1 atom stereocenters. The number of hydrogen-bond donors (Lipinski definition) is 5. The molecule has 0 saturated heterocycles. The number of carboxylic acids is 4. The van der Waals surface area contributed by atoms with Crippen molar-refractivity contribution < 1.29 is 44.7 Å². The Morgan fingerprint density at radius 1 is 0.680 bits per heavy atom. The summed E-state index contributed by atoms with van der Waals surface area (Å²) in [5.74, 6) is -5.57. The average molecular weight is 354 g/mol. The van der Waals surface area contributed by atoms with Crippen LogP contribution < -0.4 is 0 Å². The highest BCUT2D eigenvalue weighted by atomic mass is 16.4. The SMILES string of the molecule is CC(C=CC(=O)O)(CO)C(C=CC(=O)O)(C=CC(=O)O)C=CC(=O)O. The van der Waals surface area contributed by atoms with Crippen LogP contribution in [0.25, 0.3) is 0 Å². The lowest BCUT2D eigenvalue weighted by atomic mass is 9.63. The summed E-state index contributed by atoms with van der Waals surface area (Å²) >= 11 is 0. The van der Waals surface area contributed by atoms with Gasteiger partial charge in [-0.3, -0.25) is 0 Å². The summed E-state index contributed by atoms with van der Waals surface area (Å²) in [6, 6.07) is 0. The summed E-state index contributed by atoms with van der Waals surface area (Å²) in [5.41, 5.74) is -3.31. The molecule has 0 aliphatic carbocycles. The van der Waals surface area contributed by atoms with Crippen molar-refractivity contribution in [3.05, 3.63) is 48.6 Å². The summed E-state index contributed by atoms with van der Waals surface area (Å²) in [4.78, 5) is 43.4. The minimum Gasteiger partial charge on any atom is -0.478 e. The van der Waals surface area contributed by atoms with Crippen LogP contribution in [-0.2, 0) is 19.2 Å². The van der Waals surface area contributed by atoms with E-state index in [-0.39, 0.29) is 0 Å². The van der Waals surface area contributed by atoms with Gasteiger partial charge in [0.15, 0.2) is 0 Å². The lowest BCUT2D eigenvalue weighted by molar-refractivity contribution is -0.132. The Hall–Kier alpha value is -3.20. The molecule has 25 heavy (non-hydrogen) atoms. The van der Waals surface area contributed by atoms with Crippen LogP contribution in [0.5, 0.6) is 0 Å². The van der Waals surface area contributed by atoms with Gasteiger partial charge in [-0.1, -0.05) is 31.2 Å². The van der Waals surface area contributed by atoms with Crippen molar-refractivity contribution in [2.45, 2.75) is 6.92 Å². The third kappa shape index (κ3) is 6.83. The van der Waals surface area contributed by atoms with Gasteiger partial charge in [0.2, 0.25) is 0 Å². The fraction of sp³-hybridized carbons (Fsp3) is 0.250. The molecular formula is C16H18O9. The number of carboxylic acid groups (broad SMARTS) is 4. The number of aliphatic hydroxyl groups excluding tert-OH is 1. The quantitative estimate of drug-likeness (QED) is 0.351. The molecule has 1 unspecified atom stereocenters. The summed E-state index contributed by atoms with van der Waals surface area (Å²) in [6.07, 6.45) is 6.54. The predicted octanol–water partition coefficient (Wildman–Crippen LogP) is 0.535. The minimum absolute atomic E-state index is 0.640. The van der Waals surface area contributed by atoms with Crippen LogP contribution in [0.3, 0.4) is 0 Å². The average Bonchev–Trinajstić information content (AvgIpc) is 2.51. The molecule has 0 aromatic heterocycles. The molecule has 0 spiro atoms. The van der Waals surface area contributed by atoms with Gasteiger partial charge in [0, 0.05) is 35.1 Å². The molecule has 9 nitrogen and oxygen atoms in total. The molecule has 0 aliphatic rings. The Morgan fingerprint density at radius 3 is 1.20 bits per heavy atom. The van der Waals surface area contributed by atoms with Gasteiger partial charge in [-0.15, -0.1) is 0 Å². The van der Waals surface area contributed by atoms with Crippen molar-refractivity contribution in [2.24, 2.45) is 10.8 Å². The van der Waals surface area contributed by atoms with Gasteiger partial charge in [-0.05, 0) is 0 Å². The summed E-state index contributed by atoms with van der Waals surface area (Å²) in [6.45, 7) is 0.575. The molecule has 0 heterocycles. The van der Waals surface area contributed by atoms with Crippen LogP contribution >= 0.6 is 0 Å². The zero-order valence-corrected chi connectivity index (χ0v) is 13.2. The van der Waals surface area contributed by atoms with E-state index in [2.05, 4.69) is 0 Å². The molecule has 0 fully saturated rings. The smallest absolute Gasteiger partial charge is 0.328 e. The summed E-state index contributed by atoms with van der Waals surface area (Å²) in [5, 5.41) is 45.1. The number of rotatable bonds is 10. The van der Waals surface area contributed by atoms with Gasteiger partial charge >= 0.3 is 23.9 Å². The first-order chi connectivity index (χ1) is 11.5. The normalized spacial score (nSPS) is 17.0. The van der Waals surface area contributed by atoms with Crippen LogP contribution in [0.2, 0.25) is 0 Å². The number of aliphatic carboxylic acids is 4. The van der Waals surface area contributed by atoms with E-state index in [0.717, 1.165) is 24.3 Å². The van der Waals surface area contributed by atoms with Crippen LogP contribution in [0.4, 0.5) is 0 Å². The lowest BCUT2D eigenvalue weighted by Gasteiger charge is -2.40. The Labute approximate surface area is 142 Å². The number of carbonyl (C=O) groups is 4. The van der Waals surface area contributed by atoms with Crippen LogP contribution in [0.1, 0.15) is 6.92 Å². The van der Waals surface area contributed by atoms with Crippen molar-refractivity contribution in [2.75, 3.05) is 6.61 Å². The molecule has 9 heteroatoms.